The van der Waals surface area contributed by atoms with Crippen LogP contribution in [0.1, 0.15) is 94.2 Å². The van der Waals surface area contributed by atoms with Crippen molar-refractivity contribution in [2.75, 3.05) is 0 Å². The summed E-state index contributed by atoms with van der Waals surface area (Å²) < 4.78 is 5.24. The van der Waals surface area contributed by atoms with Gasteiger partial charge >= 0.3 is 0 Å². The first kappa shape index (κ1) is 19.5. The Bertz CT molecular complexity index is 596. The Kier molecular flexibility index (Phi) is 6.42. The molecule has 0 aliphatic heterocycles. The Morgan fingerprint density at radius 2 is 1.69 bits per heavy atom. The highest BCUT2D eigenvalue weighted by Gasteiger charge is 2.44. The van der Waals surface area contributed by atoms with Crippen LogP contribution in [0, 0.1) is 12.3 Å². The van der Waals surface area contributed by atoms with Gasteiger partial charge in [0.2, 0.25) is 0 Å². The summed E-state index contributed by atoms with van der Waals surface area (Å²) >= 11 is 0. The van der Waals surface area contributed by atoms with Crippen molar-refractivity contribution in [1.82, 2.24) is 0 Å². The minimum Gasteiger partial charge on any atom is -0.461 e. The van der Waals surface area contributed by atoms with Crippen LogP contribution in [0.25, 0.3) is 0 Å². The monoisotopic (exact) mass is 356 g/mol. The standard InChI is InChI=1S/C24H36O2/c1-20-10-11-21(8-5-7-13-24(16-17-24)26-19-25)18-22(20)9-4-3-6-12-23(2)14-15-23/h10-11,18-19H,3-9,12-17H2,1-2H3. The molecule has 0 bridgehead atoms. The average Bonchev–Trinajstić information content (AvgIpc) is 3.54. The first-order chi connectivity index (χ1) is 12.5. The van der Waals surface area contributed by atoms with Crippen LogP contribution in [-0.2, 0) is 22.4 Å². The highest BCUT2D eigenvalue weighted by atomic mass is 16.5. The fourth-order valence-electron chi connectivity index (χ4n) is 4.10. The number of hydrogen-bond acceptors (Lipinski definition) is 2. The molecule has 0 spiro atoms. The second-order valence-electron chi connectivity index (χ2n) is 9.24. The number of hydrogen-bond donors (Lipinski definition) is 0. The number of benzene rings is 1. The third kappa shape index (κ3) is 5.86. The molecule has 2 aliphatic rings. The number of rotatable bonds is 13. The lowest BCUT2D eigenvalue weighted by molar-refractivity contribution is -0.135. The lowest BCUT2D eigenvalue weighted by atomic mass is 9.95. The van der Waals surface area contributed by atoms with Crippen molar-refractivity contribution in [1.29, 1.82) is 0 Å². The predicted molar refractivity (Wildman–Crippen MR) is 107 cm³/mol. The summed E-state index contributed by atoms with van der Waals surface area (Å²) in [6.07, 6.45) is 16.3. The van der Waals surface area contributed by atoms with E-state index in [2.05, 4.69) is 32.0 Å². The van der Waals surface area contributed by atoms with Crippen LogP contribution in [0.5, 0.6) is 0 Å². The van der Waals surface area contributed by atoms with Gasteiger partial charge in [0.05, 0.1) is 0 Å². The van der Waals surface area contributed by atoms with Crippen LogP contribution in [0.4, 0.5) is 0 Å². The molecule has 2 saturated carbocycles. The molecule has 0 N–H and O–H groups in total. The fraction of sp³-hybridized carbons (Fsp3) is 0.708. The highest BCUT2D eigenvalue weighted by molar-refractivity contribution is 5.39. The summed E-state index contributed by atoms with van der Waals surface area (Å²) in [6, 6.07) is 7.03. The smallest absolute Gasteiger partial charge is 0.293 e. The van der Waals surface area contributed by atoms with Crippen LogP contribution in [0.3, 0.4) is 0 Å². The first-order valence-corrected chi connectivity index (χ1v) is 10.7. The zero-order valence-electron chi connectivity index (χ0n) is 16.8. The third-order valence-corrected chi connectivity index (χ3v) is 6.70. The van der Waals surface area contributed by atoms with Gasteiger partial charge in [-0.3, -0.25) is 4.79 Å². The fourth-order valence-corrected chi connectivity index (χ4v) is 4.10. The average molecular weight is 357 g/mol. The van der Waals surface area contributed by atoms with E-state index in [9.17, 15) is 4.79 Å². The lowest BCUT2D eigenvalue weighted by Crippen LogP contribution is -2.12. The van der Waals surface area contributed by atoms with Gasteiger partial charge < -0.3 is 4.74 Å². The van der Waals surface area contributed by atoms with Crippen molar-refractivity contribution in [3.63, 3.8) is 0 Å². The minimum atomic E-state index is -0.0856. The van der Waals surface area contributed by atoms with E-state index < -0.39 is 0 Å². The summed E-state index contributed by atoms with van der Waals surface area (Å²) in [4.78, 5) is 10.5. The van der Waals surface area contributed by atoms with Crippen molar-refractivity contribution < 1.29 is 9.53 Å². The molecule has 0 saturated heterocycles. The van der Waals surface area contributed by atoms with E-state index in [-0.39, 0.29) is 5.60 Å². The highest BCUT2D eigenvalue weighted by Crippen LogP contribution is 2.49. The van der Waals surface area contributed by atoms with Gasteiger partial charge in [0.25, 0.3) is 6.47 Å². The summed E-state index contributed by atoms with van der Waals surface area (Å²) in [5.74, 6) is 0. The molecule has 0 aromatic heterocycles. The second kappa shape index (κ2) is 8.59. The number of aryl methyl sites for hydroxylation is 3. The van der Waals surface area contributed by atoms with Gasteiger partial charge in [0, 0.05) is 0 Å². The summed E-state index contributed by atoms with van der Waals surface area (Å²) in [5, 5.41) is 0. The van der Waals surface area contributed by atoms with E-state index in [0.29, 0.717) is 11.9 Å². The molecular formula is C24H36O2. The molecule has 1 aromatic rings. The number of carbonyl (C=O) groups excluding carboxylic acids is 1. The molecule has 0 unspecified atom stereocenters. The third-order valence-electron chi connectivity index (χ3n) is 6.70. The maximum atomic E-state index is 10.5. The van der Waals surface area contributed by atoms with Crippen molar-refractivity contribution in [3.8, 4) is 0 Å². The molecule has 0 amide bonds. The molecule has 0 radical (unpaired) electrons. The quantitative estimate of drug-likeness (QED) is 0.305. The molecule has 3 rings (SSSR count). The maximum absolute atomic E-state index is 10.5. The van der Waals surface area contributed by atoms with Crippen molar-refractivity contribution in [2.24, 2.45) is 5.41 Å². The maximum Gasteiger partial charge on any atom is 0.293 e. The molecule has 144 valence electrons. The summed E-state index contributed by atoms with van der Waals surface area (Å²) in [6.45, 7) is 5.32. The SMILES string of the molecule is Cc1ccc(CCCCC2(OC=O)CC2)cc1CCCCCC1(C)CC1. The molecule has 26 heavy (non-hydrogen) atoms. The second-order valence-corrected chi connectivity index (χ2v) is 9.24. The van der Waals surface area contributed by atoms with Crippen LogP contribution < -0.4 is 0 Å². The van der Waals surface area contributed by atoms with Crippen LogP contribution in [-0.4, -0.2) is 12.1 Å². The normalized spacial score (nSPS) is 19.2. The van der Waals surface area contributed by atoms with Crippen LogP contribution in [0.2, 0.25) is 0 Å². The lowest BCUT2D eigenvalue weighted by Gasteiger charge is -2.13. The topological polar surface area (TPSA) is 26.3 Å². The van der Waals surface area contributed by atoms with Gasteiger partial charge in [-0.05, 0) is 99.7 Å². The number of carbonyl (C=O) groups is 1. The molecule has 0 heterocycles. The van der Waals surface area contributed by atoms with Crippen molar-refractivity contribution in [3.05, 3.63) is 34.9 Å². The van der Waals surface area contributed by atoms with Gasteiger partial charge in [-0.25, -0.2) is 0 Å². The van der Waals surface area contributed by atoms with Crippen molar-refractivity contribution in [2.45, 2.75) is 103 Å². The number of unbranched alkanes of at least 4 members (excludes halogenated alkanes) is 3. The Morgan fingerprint density at radius 1 is 0.962 bits per heavy atom. The van der Waals surface area contributed by atoms with Crippen LogP contribution in [0.15, 0.2) is 18.2 Å². The minimum absolute atomic E-state index is 0.0856. The van der Waals surface area contributed by atoms with E-state index in [1.807, 2.05) is 0 Å². The predicted octanol–water partition coefficient (Wildman–Crippen LogP) is 6.32. The molecule has 1 aromatic carbocycles. The van der Waals surface area contributed by atoms with Crippen LogP contribution >= 0.6 is 0 Å². The zero-order chi connectivity index (χ0) is 18.5. The van der Waals surface area contributed by atoms with Gasteiger partial charge in [-0.15, -0.1) is 0 Å². The van der Waals surface area contributed by atoms with E-state index in [0.717, 1.165) is 32.1 Å². The Balaban J connectivity index is 1.35. The molecule has 2 nitrogen and oxygen atoms in total. The number of ether oxygens (including phenoxy) is 1. The first-order valence-electron chi connectivity index (χ1n) is 10.7. The molecule has 2 heteroatoms. The molecule has 0 atom stereocenters. The summed E-state index contributed by atoms with van der Waals surface area (Å²) in [5.41, 5.74) is 5.09. The Morgan fingerprint density at radius 3 is 2.38 bits per heavy atom. The largest absolute Gasteiger partial charge is 0.461 e. The van der Waals surface area contributed by atoms with E-state index in [4.69, 9.17) is 4.74 Å². The summed E-state index contributed by atoms with van der Waals surface area (Å²) in [7, 11) is 0. The van der Waals surface area contributed by atoms with Gasteiger partial charge in [0.15, 0.2) is 0 Å². The van der Waals surface area contributed by atoms with E-state index in [1.54, 1.807) is 5.56 Å². The zero-order valence-corrected chi connectivity index (χ0v) is 16.8. The Hall–Kier alpha value is -1.31. The van der Waals surface area contributed by atoms with Gasteiger partial charge in [0.1, 0.15) is 5.60 Å². The molecule has 2 fully saturated rings. The van der Waals surface area contributed by atoms with E-state index >= 15 is 0 Å². The molecular weight excluding hydrogens is 320 g/mol. The van der Waals surface area contributed by atoms with Gasteiger partial charge in [-0.1, -0.05) is 38.0 Å². The molecule has 2 aliphatic carbocycles. The van der Waals surface area contributed by atoms with E-state index in [1.165, 1.54) is 62.5 Å². The Labute approximate surface area is 159 Å². The van der Waals surface area contributed by atoms with Crippen molar-refractivity contribution >= 4 is 6.47 Å². The van der Waals surface area contributed by atoms with Gasteiger partial charge in [-0.2, -0.15) is 0 Å².